The Hall–Kier alpha value is -6.20. The van der Waals surface area contributed by atoms with Crippen molar-refractivity contribution in [1.29, 1.82) is 0 Å². The molecule has 0 radical (unpaired) electrons. The Balaban J connectivity index is 1.29. The van der Waals surface area contributed by atoms with Gasteiger partial charge in [0.25, 0.3) is 6.71 Å². The van der Waals surface area contributed by atoms with E-state index in [-0.39, 0.29) is 17.5 Å². The van der Waals surface area contributed by atoms with Crippen LogP contribution in [0.1, 0.15) is 153 Å². The van der Waals surface area contributed by atoms with Crippen molar-refractivity contribution in [3.8, 4) is 0 Å². The first kappa shape index (κ1) is 46.2. The van der Waals surface area contributed by atoms with Gasteiger partial charge in [-0.3, -0.25) is 0 Å². The van der Waals surface area contributed by atoms with Crippen LogP contribution in [-0.4, -0.2) is 6.71 Å². The molecule has 1 unspecified atom stereocenters. The van der Waals surface area contributed by atoms with Gasteiger partial charge in [-0.15, -0.1) is 0 Å². The van der Waals surface area contributed by atoms with E-state index in [0.29, 0.717) is 5.92 Å². The normalized spacial score (nSPS) is 14.0. The number of benzene rings is 7. The molecule has 0 amide bonds. The van der Waals surface area contributed by atoms with Gasteiger partial charge >= 0.3 is 0 Å². The second-order valence-corrected chi connectivity index (χ2v) is 22.9. The highest BCUT2D eigenvalue weighted by Crippen LogP contribution is 2.51. The Morgan fingerprint density at radius 1 is 0.529 bits per heavy atom. The molecule has 1 atom stereocenters. The number of furan rings is 2. The SMILES string of the molecule is CCCCc1ccc2oc3ccc4c(c3c2c1)N(c1cccc(C(CC)CCC)c1)c1cc(C)cc2c1B4c1ccc3oc4ccc(CCCC)cc4c3c1N2c1cc(C(C)(C)C)cc(C(C)(C)C)c1. The fraction of sp³-hybridized carbons (Fsp3) is 0.354. The summed E-state index contributed by atoms with van der Waals surface area (Å²) in [7, 11) is 0. The molecule has 4 heterocycles. The lowest BCUT2D eigenvalue weighted by Gasteiger charge is -2.45. The molecule has 0 N–H and O–H groups in total. The third-order valence-corrected chi connectivity index (χ3v) is 15.8. The van der Waals surface area contributed by atoms with Crippen LogP contribution in [0.5, 0.6) is 0 Å². The van der Waals surface area contributed by atoms with Crippen molar-refractivity contribution in [2.75, 3.05) is 9.80 Å². The van der Waals surface area contributed by atoms with E-state index in [0.717, 1.165) is 73.7 Å². The lowest BCUT2D eigenvalue weighted by molar-refractivity contribution is 0.569. The number of aryl methyl sites for hydroxylation is 3. The molecular weight excluding hydrogens is 852 g/mol. The third kappa shape index (κ3) is 7.65. The Morgan fingerprint density at radius 2 is 1.04 bits per heavy atom. The maximum absolute atomic E-state index is 6.93. The smallest absolute Gasteiger partial charge is 0.252 e. The van der Waals surface area contributed by atoms with Gasteiger partial charge in [-0.2, -0.15) is 0 Å². The fourth-order valence-electron chi connectivity index (χ4n) is 12.0. The van der Waals surface area contributed by atoms with E-state index in [4.69, 9.17) is 8.83 Å². The van der Waals surface area contributed by atoms with Crippen LogP contribution in [0, 0.1) is 6.92 Å². The lowest BCUT2D eigenvalue weighted by atomic mass is 9.33. The second-order valence-electron chi connectivity index (χ2n) is 22.9. The molecule has 70 heavy (non-hydrogen) atoms. The number of hydrogen-bond donors (Lipinski definition) is 0. The molecule has 0 bridgehead atoms. The van der Waals surface area contributed by atoms with Crippen LogP contribution < -0.4 is 26.2 Å². The highest BCUT2D eigenvalue weighted by Gasteiger charge is 2.46. The Bertz CT molecular complexity index is 3450. The average Bonchev–Trinajstić information content (AvgIpc) is 3.91. The van der Waals surface area contributed by atoms with Crippen molar-refractivity contribution in [2.24, 2.45) is 0 Å². The van der Waals surface area contributed by atoms with Gasteiger partial charge in [0.1, 0.15) is 22.3 Å². The van der Waals surface area contributed by atoms with E-state index >= 15 is 0 Å². The summed E-state index contributed by atoms with van der Waals surface area (Å²) < 4.78 is 13.8. The number of fused-ring (bicyclic) bond motifs is 12. The first-order valence-electron chi connectivity index (χ1n) is 26.7. The Kier molecular flexibility index (Phi) is 11.6. The topological polar surface area (TPSA) is 32.8 Å². The van der Waals surface area contributed by atoms with Gasteiger partial charge in [0.05, 0.1) is 22.1 Å². The molecule has 5 heteroatoms. The van der Waals surface area contributed by atoms with Gasteiger partial charge in [-0.05, 0) is 185 Å². The molecule has 7 aromatic carbocycles. The van der Waals surface area contributed by atoms with E-state index in [1.165, 1.54) is 112 Å². The largest absolute Gasteiger partial charge is 0.456 e. The van der Waals surface area contributed by atoms with Crippen LogP contribution in [0.25, 0.3) is 43.9 Å². The molecule has 0 aliphatic carbocycles. The van der Waals surface area contributed by atoms with Gasteiger partial charge in [0.2, 0.25) is 0 Å². The van der Waals surface area contributed by atoms with E-state index in [1.54, 1.807) is 0 Å². The predicted octanol–water partition coefficient (Wildman–Crippen LogP) is 17.5. The highest BCUT2D eigenvalue weighted by molar-refractivity contribution is 7.01. The molecule has 2 aromatic heterocycles. The standard InChI is InChI=1S/C65H71BN2O2/c1-12-16-20-41-24-28-55-49(34-41)59-57(69-55)30-26-51-62(59)67(47-23-18-22-44(36-47)43(15-4)19-14-3)53-32-40(5)33-54-61(53)66(51)52-27-31-58-60(50-35-42(21-17-13-2)25-29-56(50)70-58)63(52)68(54)48-38-45(64(6,7)8)37-46(39-48)65(9,10)11/h18,22-39,43H,12-17,19-21H2,1-11H3. The molecule has 0 spiro atoms. The summed E-state index contributed by atoms with van der Waals surface area (Å²) in [6.45, 7) is 25.6. The third-order valence-electron chi connectivity index (χ3n) is 15.8. The molecular formula is C65H71BN2O2. The van der Waals surface area contributed by atoms with Crippen molar-refractivity contribution in [3.63, 3.8) is 0 Å². The first-order valence-corrected chi connectivity index (χ1v) is 26.7. The number of hydrogen-bond acceptors (Lipinski definition) is 4. The monoisotopic (exact) mass is 923 g/mol. The Morgan fingerprint density at radius 3 is 1.53 bits per heavy atom. The molecule has 0 fully saturated rings. The van der Waals surface area contributed by atoms with Crippen LogP contribution in [0.15, 0.2) is 124 Å². The van der Waals surface area contributed by atoms with E-state index < -0.39 is 0 Å². The van der Waals surface area contributed by atoms with E-state index in [2.05, 4.69) is 201 Å². The zero-order valence-corrected chi connectivity index (χ0v) is 43.7. The number of anilines is 6. The molecule has 9 aromatic rings. The van der Waals surface area contributed by atoms with Gasteiger partial charge in [0.15, 0.2) is 0 Å². The van der Waals surface area contributed by atoms with Crippen molar-refractivity contribution < 1.29 is 8.83 Å². The Labute approximate surface area is 417 Å². The van der Waals surface area contributed by atoms with Crippen LogP contribution in [-0.2, 0) is 23.7 Å². The minimum Gasteiger partial charge on any atom is -0.456 e. The summed E-state index contributed by atoms with van der Waals surface area (Å²) in [4.78, 5) is 5.29. The van der Waals surface area contributed by atoms with Crippen LogP contribution in [0.3, 0.4) is 0 Å². The minimum absolute atomic E-state index is 0.0714. The molecule has 356 valence electrons. The molecule has 11 rings (SSSR count). The summed E-state index contributed by atoms with van der Waals surface area (Å²) in [6, 6.07) is 45.1. The average molecular weight is 923 g/mol. The summed E-state index contributed by atoms with van der Waals surface area (Å²) in [6.07, 6.45) is 10.2. The molecule has 0 saturated carbocycles. The molecule has 0 saturated heterocycles. The van der Waals surface area contributed by atoms with Gasteiger partial charge in [-0.25, -0.2) is 0 Å². The first-order chi connectivity index (χ1) is 33.7. The zero-order valence-electron chi connectivity index (χ0n) is 43.7. The number of rotatable bonds is 12. The summed E-state index contributed by atoms with van der Waals surface area (Å²) in [5, 5.41) is 4.76. The zero-order chi connectivity index (χ0) is 48.8. The van der Waals surface area contributed by atoms with E-state index in [9.17, 15) is 0 Å². The van der Waals surface area contributed by atoms with Crippen molar-refractivity contribution >= 4 is 101 Å². The maximum Gasteiger partial charge on any atom is 0.252 e. The quantitative estimate of drug-likeness (QED) is 0.114. The van der Waals surface area contributed by atoms with Crippen molar-refractivity contribution in [3.05, 3.63) is 149 Å². The minimum atomic E-state index is -0.0737. The summed E-state index contributed by atoms with van der Waals surface area (Å²) in [5.74, 6) is 0.490. The maximum atomic E-state index is 6.93. The summed E-state index contributed by atoms with van der Waals surface area (Å²) in [5.41, 5.74) is 22.8. The molecule has 4 nitrogen and oxygen atoms in total. The molecule has 2 aliphatic heterocycles. The van der Waals surface area contributed by atoms with E-state index in [1.807, 2.05) is 0 Å². The number of nitrogens with zero attached hydrogens (tertiary/aromatic N) is 2. The number of unbranched alkanes of at least 4 members (excludes halogenated alkanes) is 2. The highest BCUT2D eigenvalue weighted by atomic mass is 16.3. The van der Waals surface area contributed by atoms with Gasteiger partial charge in [-0.1, -0.05) is 131 Å². The van der Waals surface area contributed by atoms with Gasteiger partial charge < -0.3 is 18.6 Å². The summed E-state index contributed by atoms with van der Waals surface area (Å²) >= 11 is 0. The van der Waals surface area contributed by atoms with Crippen LogP contribution >= 0.6 is 0 Å². The van der Waals surface area contributed by atoms with Crippen LogP contribution in [0.4, 0.5) is 34.1 Å². The van der Waals surface area contributed by atoms with Gasteiger partial charge in [0, 0.05) is 33.5 Å². The fourth-order valence-corrected chi connectivity index (χ4v) is 12.0. The van der Waals surface area contributed by atoms with Crippen molar-refractivity contribution in [1.82, 2.24) is 0 Å². The van der Waals surface area contributed by atoms with Crippen molar-refractivity contribution in [2.45, 2.75) is 151 Å². The second kappa shape index (κ2) is 17.6. The lowest BCUT2D eigenvalue weighted by Crippen LogP contribution is -2.61. The van der Waals surface area contributed by atoms with Crippen LogP contribution in [0.2, 0.25) is 0 Å². The molecule has 2 aliphatic rings. The predicted molar refractivity (Wildman–Crippen MR) is 302 cm³/mol.